The van der Waals surface area contributed by atoms with Crippen molar-refractivity contribution in [2.24, 2.45) is 0 Å². The van der Waals surface area contributed by atoms with Gasteiger partial charge in [0.15, 0.2) is 0 Å². The molecule has 2 rings (SSSR count). The molecule has 5 nitrogen and oxygen atoms in total. The van der Waals surface area contributed by atoms with Crippen molar-refractivity contribution >= 4 is 13.6 Å². The zero-order valence-electron chi connectivity index (χ0n) is 10.5. The van der Waals surface area contributed by atoms with Crippen LogP contribution in [0.4, 0.5) is 0 Å². The Balaban J connectivity index is 2.00. The van der Waals surface area contributed by atoms with E-state index in [1.54, 1.807) is 24.3 Å². The van der Waals surface area contributed by atoms with Crippen molar-refractivity contribution in [3.63, 3.8) is 0 Å². The van der Waals surface area contributed by atoms with Gasteiger partial charge in [-0.25, -0.2) is 0 Å². The monoisotopic (exact) mass is 248 g/mol. The molecule has 0 unspecified atom stereocenters. The first-order chi connectivity index (χ1) is 8.70. The van der Waals surface area contributed by atoms with Crippen LogP contribution in [-0.2, 0) is 0 Å². The summed E-state index contributed by atoms with van der Waals surface area (Å²) in [7, 11) is 1.70. The quantitative estimate of drug-likeness (QED) is 0.747. The number of nitrogens with zero attached hydrogens (tertiary/aromatic N) is 2. The summed E-state index contributed by atoms with van der Waals surface area (Å²) >= 11 is 0. The molecular formula is C12H17BN2O3. The van der Waals surface area contributed by atoms with Crippen LogP contribution in [0.25, 0.3) is 0 Å². The highest BCUT2D eigenvalue weighted by Crippen LogP contribution is 2.14. The minimum absolute atomic E-state index is 0.0543. The Kier molecular flexibility index (Phi) is 4.22. The van der Waals surface area contributed by atoms with Crippen molar-refractivity contribution in [1.29, 1.82) is 0 Å². The van der Waals surface area contributed by atoms with Crippen molar-refractivity contribution in [2.75, 3.05) is 33.2 Å². The Morgan fingerprint density at radius 2 is 1.83 bits per heavy atom. The fourth-order valence-corrected chi connectivity index (χ4v) is 1.96. The van der Waals surface area contributed by atoms with Gasteiger partial charge in [-0.1, -0.05) is 0 Å². The highest BCUT2D eigenvalue weighted by atomic mass is 16.5. The van der Waals surface area contributed by atoms with E-state index in [4.69, 9.17) is 9.68 Å². The third-order valence-corrected chi connectivity index (χ3v) is 3.12. The van der Waals surface area contributed by atoms with Crippen LogP contribution in [0, 0.1) is 0 Å². The third-order valence-electron chi connectivity index (χ3n) is 3.12. The van der Waals surface area contributed by atoms with Gasteiger partial charge in [0.2, 0.25) is 0 Å². The summed E-state index contributed by atoms with van der Waals surface area (Å²) in [6.45, 7) is 3.36. The zero-order valence-corrected chi connectivity index (χ0v) is 10.5. The molecule has 0 radical (unpaired) electrons. The molecule has 1 heterocycles. The molecule has 0 bridgehead atoms. The molecule has 0 aromatic heterocycles. The van der Waals surface area contributed by atoms with Crippen LogP contribution in [0.5, 0.6) is 5.75 Å². The first-order valence-corrected chi connectivity index (χ1v) is 6.02. The Labute approximate surface area is 107 Å². The Morgan fingerprint density at radius 3 is 2.39 bits per heavy atom. The Morgan fingerprint density at radius 1 is 1.22 bits per heavy atom. The van der Waals surface area contributed by atoms with Gasteiger partial charge < -0.3 is 19.5 Å². The molecule has 0 spiro atoms. The maximum Gasteiger partial charge on any atom is 0.504 e. The minimum Gasteiger partial charge on any atom is -0.539 e. The number of likely N-dealkylation sites (N-methyl/N-ethyl adjacent to an activating group) is 1. The molecule has 96 valence electrons. The molecule has 1 fully saturated rings. The summed E-state index contributed by atoms with van der Waals surface area (Å²) in [5, 5.41) is 8.62. The van der Waals surface area contributed by atoms with Crippen LogP contribution in [0.1, 0.15) is 10.4 Å². The highest BCUT2D eigenvalue weighted by molar-refractivity contribution is 6.17. The summed E-state index contributed by atoms with van der Waals surface area (Å²) in [6.07, 6.45) is 0. The van der Waals surface area contributed by atoms with Crippen LogP contribution in [0.2, 0.25) is 0 Å². The predicted molar refractivity (Wildman–Crippen MR) is 69.8 cm³/mol. The van der Waals surface area contributed by atoms with E-state index >= 15 is 0 Å². The predicted octanol–water partition coefficient (Wildman–Crippen LogP) is -0.288. The second-order valence-electron chi connectivity index (χ2n) is 4.39. The van der Waals surface area contributed by atoms with Gasteiger partial charge in [0, 0.05) is 31.7 Å². The lowest BCUT2D eigenvalue weighted by molar-refractivity contribution is 0.0664. The Hall–Kier alpha value is -1.53. The Bertz CT molecular complexity index is 402. The molecule has 1 saturated heterocycles. The van der Waals surface area contributed by atoms with Crippen molar-refractivity contribution in [3.8, 4) is 5.75 Å². The van der Waals surface area contributed by atoms with Gasteiger partial charge >= 0.3 is 7.69 Å². The molecule has 1 aliphatic heterocycles. The van der Waals surface area contributed by atoms with Crippen LogP contribution in [0.15, 0.2) is 24.3 Å². The summed E-state index contributed by atoms with van der Waals surface area (Å²) in [5.41, 5.74) is 0.657. The second kappa shape index (κ2) is 5.88. The van der Waals surface area contributed by atoms with E-state index in [0.29, 0.717) is 11.3 Å². The van der Waals surface area contributed by atoms with Gasteiger partial charge in [-0.15, -0.1) is 0 Å². The van der Waals surface area contributed by atoms with Gasteiger partial charge in [0.25, 0.3) is 5.91 Å². The van der Waals surface area contributed by atoms with Crippen molar-refractivity contribution in [2.45, 2.75) is 0 Å². The number of hydrogen-bond donors (Lipinski definition) is 1. The van der Waals surface area contributed by atoms with Crippen molar-refractivity contribution in [1.82, 2.24) is 9.80 Å². The van der Waals surface area contributed by atoms with Crippen LogP contribution >= 0.6 is 0 Å². The molecule has 18 heavy (non-hydrogen) atoms. The number of carbonyl (C=O) groups excluding carboxylic acids is 1. The number of rotatable bonds is 3. The SMILES string of the molecule is CN1CCN(C(=O)c2ccc(OBO)cc2)CC1. The number of benzene rings is 1. The summed E-state index contributed by atoms with van der Waals surface area (Å²) in [5.74, 6) is 0.617. The molecule has 0 atom stereocenters. The maximum absolute atomic E-state index is 12.2. The van der Waals surface area contributed by atoms with Gasteiger partial charge in [0.1, 0.15) is 5.75 Å². The summed E-state index contributed by atoms with van der Waals surface area (Å²) in [4.78, 5) is 16.3. The van der Waals surface area contributed by atoms with E-state index in [9.17, 15) is 4.79 Å². The van der Waals surface area contributed by atoms with E-state index in [1.165, 1.54) is 0 Å². The largest absolute Gasteiger partial charge is 0.539 e. The van der Waals surface area contributed by atoms with Crippen LogP contribution in [0.3, 0.4) is 0 Å². The first kappa shape index (κ1) is 12.9. The summed E-state index contributed by atoms with van der Waals surface area (Å²) in [6, 6.07) is 6.84. The molecule has 0 saturated carbocycles. The minimum atomic E-state index is -0.355. The number of amides is 1. The molecule has 1 aliphatic rings. The topological polar surface area (TPSA) is 53.0 Å². The van der Waals surface area contributed by atoms with E-state index < -0.39 is 0 Å². The number of hydrogen-bond acceptors (Lipinski definition) is 4. The molecule has 1 amide bonds. The molecule has 0 aliphatic carbocycles. The normalized spacial score (nSPS) is 16.4. The van der Waals surface area contributed by atoms with Crippen molar-refractivity contribution < 1.29 is 14.5 Å². The third kappa shape index (κ3) is 3.03. The molecule has 6 heteroatoms. The molecule has 1 aromatic rings. The van der Waals surface area contributed by atoms with E-state index in [-0.39, 0.29) is 13.6 Å². The average molecular weight is 248 g/mol. The van der Waals surface area contributed by atoms with Crippen LogP contribution < -0.4 is 4.65 Å². The van der Waals surface area contributed by atoms with E-state index in [1.807, 2.05) is 4.90 Å². The lowest BCUT2D eigenvalue weighted by atomic mass is 10.1. The van der Waals surface area contributed by atoms with Gasteiger partial charge in [0.05, 0.1) is 0 Å². The van der Waals surface area contributed by atoms with Gasteiger partial charge in [-0.3, -0.25) is 4.79 Å². The fourth-order valence-electron chi connectivity index (χ4n) is 1.96. The zero-order chi connectivity index (χ0) is 13.0. The average Bonchev–Trinajstić information content (AvgIpc) is 2.40. The lowest BCUT2D eigenvalue weighted by Crippen LogP contribution is -2.47. The fraction of sp³-hybridized carbons (Fsp3) is 0.417. The molecule has 1 N–H and O–H groups in total. The number of piperazine rings is 1. The standard InChI is InChI=1S/C12H17BN2O3/c1-14-6-8-15(9-7-14)12(16)10-2-4-11(5-3-10)18-13-17/h2-5,13,17H,6-9H2,1H3. The summed E-state index contributed by atoms with van der Waals surface area (Å²) < 4.78 is 4.92. The second-order valence-corrected chi connectivity index (χ2v) is 4.39. The van der Waals surface area contributed by atoms with Crippen molar-refractivity contribution in [3.05, 3.63) is 29.8 Å². The lowest BCUT2D eigenvalue weighted by Gasteiger charge is -2.32. The van der Waals surface area contributed by atoms with E-state index in [2.05, 4.69) is 11.9 Å². The van der Waals surface area contributed by atoms with Gasteiger partial charge in [-0.05, 0) is 31.3 Å². The first-order valence-electron chi connectivity index (χ1n) is 6.02. The maximum atomic E-state index is 12.2. The van der Waals surface area contributed by atoms with Crippen LogP contribution in [-0.4, -0.2) is 61.6 Å². The molecular weight excluding hydrogens is 231 g/mol. The highest BCUT2D eigenvalue weighted by Gasteiger charge is 2.20. The number of carbonyl (C=O) groups is 1. The van der Waals surface area contributed by atoms with Gasteiger partial charge in [-0.2, -0.15) is 0 Å². The van der Waals surface area contributed by atoms with E-state index in [0.717, 1.165) is 26.2 Å². The molecule has 1 aromatic carbocycles. The smallest absolute Gasteiger partial charge is 0.504 e.